The fourth-order valence-electron chi connectivity index (χ4n) is 2.01. The van der Waals surface area contributed by atoms with Gasteiger partial charge in [0.1, 0.15) is 5.41 Å². The van der Waals surface area contributed by atoms with Gasteiger partial charge in [0.05, 0.1) is 19.3 Å². The van der Waals surface area contributed by atoms with Crippen LogP contribution in [0.15, 0.2) is 18.2 Å². The lowest BCUT2D eigenvalue weighted by molar-refractivity contribution is -0.148. The number of carbonyl (C=O) groups is 2. The van der Waals surface area contributed by atoms with E-state index in [1.807, 2.05) is 19.1 Å². The summed E-state index contributed by atoms with van der Waals surface area (Å²) in [7, 11) is 0. The van der Waals surface area contributed by atoms with Gasteiger partial charge in [-0.15, -0.1) is 11.3 Å². The fourth-order valence-corrected chi connectivity index (χ4v) is 2.79. The number of carboxylic acids is 1. The molecule has 0 bridgehead atoms. The highest BCUT2D eigenvalue weighted by Gasteiger charge is 2.47. The highest BCUT2D eigenvalue weighted by molar-refractivity contribution is 7.12. The minimum Gasteiger partial charge on any atom is -0.481 e. The molecule has 5 nitrogen and oxygen atoms in total. The first-order valence-corrected chi connectivity index (χ1v) is 7.09. The average Bonchev–Trinajstić information content (AvgIpc) is 2.95. The molecule has 1 aliphatic heterocycles. The number of hydrogen-bond acceptors (Lipinski definition) is 4. The maximum Gasteiger partial charge on any atom is 0.313 e. The minimum absolute atomic E-state index is 0.112. The van der Waals surface area contributed by atoms with E-state index in [0.29, 0.717) is 0 Å². The lowest BCUT2D eigenvalue weighted by Gasteiger charge is -2.24. The third kappa shape index (κ3) is 3.08. The molecule has 6 heteroatoms. The van der Waals surface area contributed by atoms with Gasteiger partial charge in [-0.3, -0.25) is 9.59 Å². The predicted octanol–water partition coefficient (Wildman–Crippen LogP) is 1.68. The number of carboxylic acid groups (broad SMARTS) is 1. The van der Waals surface area contributed by atoms with Gasteiger partial charge in [0.15, 0.2) is 0 Å². The first kappa shape index (κ1) is 14.7. The zero-order chi connectivity index (χ0) is 14.8. The average molecular weight is 295 g/mol. The zero-order valence-electron chi connectivity index (χ0n) is 11.4. The van der Waals surface area contributed by atoms with E-state index < -0.39 is 17.4 Å². The third-order valence-corrected chi connectivity index (χ3v) is 4.39. The third-order valence-electron chi connectivity index (χ3n) is 3.42. The molecule has 0 radical (unpaired) electrons. The van der Waals surface area contributed by atoms with Crippen molar-refractivity contribution >= 4 is 29.3 Å². The van der Waals surface area contributed by atoms with Crippen molar-refractivity contribution in [3.63, 3.8) is 0 Å². The van der Waals surface area contributed by atoms with Crippen LogP contribution in [0.25, 0.3) is 6.08 Å². The summed E-state index contributed by atoms with van der Waals surface area (Å²) in [6.07, 6.45) is 3.15. The van der Waals surface area contributed by atoms with Crippen LogP contribution in [-0.4, -0.2) is 36.2 Å². The molecule has 0 spiro atoms. The number of ether oxygens (including phenoxy) is 1. The summed E-state index contributed by atoms with van der Waals surface area (Å²) in [5, 5.41) is 11.9. The molecule has 1 amide bonds. The normalized spacial score (nSPS) is 26.0. The van der Waals surface area contributed by atoms with E-state index in [0.717, 1.165) is 4.88 Å². The van der Waals surface area contributed by atoms with Crippen LogP contribution in [0.2, 0.25) is 0 Å². The van der Waals surface area contributed by atoms with E-state index in [2.05, 4.69) is 5.32 Å². The van der Waals surface area contributed by atoms with E-state index in [4.69, 9.17) is 4.74 Å². The van der Waals surface area contributed by atoms with E-state index in [1.54, 1.807) is 24.3 Å². The van der Waals surface area contributed by atoms with Crippen LogP contribution in [0.3, 0.4) is 0 Å². The van der Waals surface area contributed by atoms with E-state index in [9.17, 15) is 14.7 Å². The maximum atomic E-state index is 11.8. The van der Waals surface area contributed by atoms with Crippen LogP contribution in [0.5, 0.6) is 0 Å². The molecule has 1 saturated heterocycles. The summed E-state index contributed by atoms with van der Waals surface area (Å²) < 4.78 is 5.18. The molecular weight excluding hydrogens is 278 g/mol. The lowest BCUT2D eigenvalue weighted by atomic mass is 9.85. The van der Waals surface area contributed by atoms with Crippen LogP contribution in [-0.2, 0) is 14.3 Å². The largest absolute Gasteiger partial charge is 0.481 e. The van der Waals surface area contributed by atoms with E-state index in [-0.39, 0.29) is 19.1 Å². The molecule has 2 unspecified atom stereocenters. The monoisotopic (exact) mass is 295 g/mol. The summed E-state index contributed by atoms with van der Waals surface area (Å²) >= 11 is 1.59. The minimum atomic E-state index is -1.07. The van der Waals surface area contributed by atoms with Gasteiger partial charge in [-0.25, -0.2) is 0 Å². The molecule has 1 aliphatic rings. The standard InChI is InChI=1S/C14H17NO4S/c1-9-3-4-10(20-9)5-6-12(16)15-11-7-19-8-14(11,2)13(17)18/h3-6,11H,7-8H2,1-2H3,(H,15,16)(H,17,18). The molecule has 108 valence electrons. The highest BCUT2D eigenvalue weighted by atomic mass is 32.1. The molecule has 2 heterocycles. The Kier molecular flexibility index (Phi) is 4.25. The zero-order valence-corrected chi connectivity index (χ0v) is 12.2. The number of thiophene rings is 1. The highest BCUT2D eigenvalue weighted by Crippen LogP contribution is 2.28. The SMILES string of the molecule is Cc1ccc(C=CC(=O)NC2COCC2(C)C(=O)O)s1. The molecular formula is C14H17NO4S. The molecule has 1 aromatic heterocycles. The summed E-state index contributed by atoms with van der Waals surface area (Å²) in [6, 6.07) is 3.40. The molecule has 2 N–H and O–H groups in total. The van der Waals surface area contributed by atoms with Crippen LogP contribution < -0.4 is 5.32 Å². The van der Waals surface area contributed by atoms with Gasteiger partial charge in [0, 0.05) is 15.8 Å². The van der Waals surface area contributed by atoms with Crippen molar-refractivity contribution in [1.82, 2.24) is 5.32 Å². The predicted molar refractivity (Wildman–Crippen MR) is 76.6 cm³/mol. The van der Waals surface area contributed by atoms with Crippen molar-refractivity contribution in [2.45, 2.75) is 19.9 Å². The van der Waals surface area contributed by atoms with Gasteiger partial charge in [0.2, 0.25) is 5.91 Å². The Labute approximate surface area is 121 Å². The first-order chi connectivity index (χ1) is 9.41. The molecule has 0 aliphatic carbocycles. The lowest BCUT2D eigenvalue weighted by Crippen LogP contribution is -2.49. The Balaban J connectivity index is 1.98. The summed E-state index contributed by atoms with van der Waals surface area (Å²) in [4.78, 5) is 25.3. The van der Waals surface area contributed by atoms with Gasteiger partial charge < -0.3 is 15.2 Å². The first-order valence-electron chi connectivity index (χ1n) is 6.28. The number of aryl methyl sites for hydroxylation is 1. The number of carbonyl (C=O) groups excluding carboxylic acids is 1. The smallest absolute Gasteiger partial charge is 0.313 e. The molecule has 0 saturated carbocycles. The van der Waals surface area contributed by atoms with Gasteiger partial charge in [-0.1, -0.05) is 0 Å². The number of aliphatic carboxylic acids is 1. The molecule has 2 rings (SSSR count). The van der Waals surface area contributed by atoms with E-state index in [1.165, 1.54) is 11.0 Å². The van der Waals surface area contributed by atoms with Crippen molar-refractivity contribution in [3.05, 3.63) is 28.0 Å². The molecule has 20 heavy (non-hydrogen) atoms. The molecule has 1 fully saturated rings. The summed E-state index contributed by atoms with van der Waals surface area (Å²) in [5.41, 5.74) is -1.07. The van der Waals surface area contributed by atoms with Crippen LogP contribution >= 0.6 is 11.3 Å². The van der Waals surface area contributed by atoms with Crippen LogP contribution in [0, 0.1) is 12.3 Å². The number of amides is 1. The van der Waals surface area contributed by atoms with Gasteiger partial charge in [-0.05, 0) is 32.1 Å². The Bertz CT molecular complexity index is 551. The van der Waals surface area contributed by atoms with Crippen molar-refractivity contribution in [1.29, 1.82) is 0 Å². The van der Waals surface area contributed by atoms with Crippen molar-refractivity contribution in [2.24, 2.45) is 5.41 Å². The number of nitrogens with one attached hydrogen (secondary N) is 1. The van der Waals surface area contributed by atoms with Crippen molar-refractivity contribution < 1.29 is 19.4 Å². The van der Waals surface area contributed by atoms with E-state index >= 15 is 0 Å². The fraction of sp³-hybridized carbons (Fsp3) is 0.429. The Morgan fingerprint density at radius 1 is 1.55 bits per heavy atom. The summed E-state index contributed by atoms with van der Waals surface area (Å²) in [5.74, 6) is -1.27. The second kappa shape index (κ2) is 5.76. The second-order valence-electron chi connectivity index (χ2n) is 5.08. The maximum absolute atomic E-state index is 11.8. The second-order valence-corrected chi connectivity index (χ2v) is 6.40. The van der Waals surface area contributed by atoms with Crippen molar-refractivity contribution in [3.8, 4) is 0 Å². The molecule has 1 aromatic rings. The van der Waals surface area contributed by atoms with Crippen LogP contribution in [0.1, 0.15) is 16.7 Å². The quantitative estimate of drug-likeness (QED) is 0.829. The Hall–Kier alpha value is -1.66. The Morgan fingerprint density at radius 2 is 2.30 bits per heavy atom. The topological polar surface area (TPSA) is 75.6 Å². The van der Waals surface area contributed by atoms with Gasteiger partial charge >= 0.3 is 5.97 Å². The van der Waals surface area contributed by atoms with Crippen molar-refractivity contribution in [2.75, 3.05) is 13.2 Å². The summed E-state index contributed by atoms with van der Waals surface area (Å²) in [6.45, 7) is 3.91. The van der Waals surface area contributed by atoms with Gasteiger partial charge in [-0.2, -0.15) is 0 Å². The van der Waals surface area contributed by atoms with Crippen LogP contribution in [0.4, 0.5) is 0 Å². The molecule has 2 atom stereocenters. The number of rotatable bonds is 4. The Morgan fingerprint density at radius 3 is 2.90 bits per heavy atom. The van der Waals surface area contributed by atoms with Gasteiger partial charge in [0.25, 0.3) is 0 Å². The number of hydrogen-bond donors (Lipinski definition) is 2. The molecule has 0 aromatic carbocycles.